The van der Waals surface area contributed by atoms with Crippen molar-refractivity contribution in [2.45, 2.75) is 18.4 Å². The van der Waals surface area contributed by atoms with Crippen LogP contribution in [0.25, 0.3) is 0 Å². The van der Waals surface area contributed by atoms with Gasteiger partial charge in [0.25, 0.3) is 15.9 Å². The first-order valence-electron chi connectivity index (χ1n) is 11.7. The predicted molar refractivity (Wildman–Crippen MR) is 153 cm³/mol. The maximum atomic E-state index is 13.8. The molecular weight excluding hydrogens is 568 g/mol. The van der Waals surface area contributed by atoms with E-state index in [1.807, 2.05) is 31.2 Å². The van der Waals surface area contributed by atoms with Crippen molar-refractivity contribution in [1.82, 2.24) is 0 Å². The zero-order valence-electron chi connectivity index (χ0n) is 21.1. The van der Waals surface area contributed by atoms with Gasteiger partial charge in [-0.2, -0.15) is 0 Å². The highest BCUT2D eigenvalue weighted by atomic mass is 79.9. The van der Waals surface area contributed by atoms with Gasteiger partial charge in [-0.25, -0.2) is 8.42 Å². The highest BCUT2D eigenvalue weighted by Crippen LogP contribution is 2.32. The standard InChI is InChI=1S/C29H27BrN2O5S/c1-20-8-14-23(15-9-20)32(38(34,35)24-16-17-27(36-2)25(30)18-24)19-21-10-12-22(13-11-21)29(33)31-26-6-4-5-7-28(26)37-3/h4-18H,19H2,1-3H3,(H,31,33). The molecule has 0 bridgehead atoms. The summed E-state index contributed by atoms with van der Waals surface area (Å²) in [5.41, 5.74) is 3.26. The van der Waals surface area contributed by atoms with Gasteiger partial charge in [-0.3, -0.25) is 9.10 Å². The Balaban J connectivity index is 1.62. The number of amides is 1. The average Bonchev–Trinajstić information content (AvgIpc) is 2.92. The van der Waals surface area contributed by atoms with E-state index in [2.05, 4.69) is 21.2 Å². The minimum atomic E-state index is -3.93. The molecule has 7 nitrogen and oxygen atoms in total. The molecule has 0 saturated carbocycles. The van der Waals surface area contributed by atoms with Crippen LogP contribution in [0.3, 0.4) is 0 Å². The van der Waals surface area contributed by atoms with Crippen molar-refractivity contribution in [1.29, 1.82) is 0 Å². The van der Waals surface area contributed by atoms with Crippen LogP contribution in [0.2, 0.25) is 0 Å². The third-order valence-electron chi connectivity index (χ3n) is 5.93. The zero-order chi connectivity index (χ0) is 27.3. The van der Waals surface area contributed by atoms with E-state index in [0.29, 0.717) is 32.9 Å². The Morgan fingerprint density at radius 3 is 2.16 bits per heavy atom. The third-order valence-corrected chi connectivity index (χ3v) is 8.32. The van der Waals surface area contributed by atoms with Crippen molar-refractivity contribution >= 4 is 43.2 Å². The van der Waals surface area contributed by atoms with E-state index in [9.17, 15) is 13.2 Å². The number of rotatable bonds is 9. The topological polar surface area (TPSA) is 84.9 Å². The highest BCUT2D eigenvalue weighted by Gasteiger charge is 2.26. The Labute approximate surface area is 231 Å². The minimum absolute atomic E-state index is 0.0729. The summed E-state index contributed by atoms with van der Waals surface area (Å²) in [6.07, 6.45) is 0. The summed E-state index contributed by atoms with van der Waals surface area (Å²) < 4.78 is 40.0. The van der Waals surface area contributed by atoms with Gasteiger partial charge < -0.3 is 14.8 Å². The highest BCUT2D eigenvalue weighted by molar-refractivity contribution is 9.10. The summed E-state index contributed by atoms with van der Waals surface area (Å²) in [4.78, 5) is 12.9. The molecular formula is C29H27BrN2O5S. The Morgan fingerprint density at radius 1 is 0.868 bits per heavy atom. The van der Waals surface area contributed by atoms with E-state index in [4.69, 9.17) is 9.47 Å². The fourth-order valence-corrected chi connectivity index (χ4v) is 6.00. The van der Waals surface area contributed by atoms with Crippen LogP contribution in [0.15, 0.2) is 100 Å². The molecule has 0 unspecified atom stereocenters. The smallest absolute Gasteiger partial charge is 0.264 e. The van der Waals surface area contributed by atoms with Crippen LogP contribution in [0.1, 0.15) is 21.5 Å². The molecule has 1 N–H and O–H groups in total. The molecule has 9 heteroatoms. The Hall–Kier alpha value is -3.82. The van der Waals surface area contributed by atoms with Crippen molar-refractivity contribution in [3.63, 3.8) is 0 Å². The minimum Gasteiger partial charge on any atom is -0.496 e. The number of nitrogens with zero attached hydrogens (tertiary/aromatic N) is 1. The van der Waals surface area contributed by atoms with Crippen LogP contribution in [0.4, 0.5) is 11.4 Å². The van der Waals surface area contributed by atoms with Crippen LogP contribution in [0, 0.1) is 6.92 Å². The van der Waals surface area contributed by atoms with Crippen LogP contribution >= 0.6 is 15.9 Å². The Morgan fingerprint density at radius 2 is 1.53 bits per heavy atom. The first kappa shape index (κ1) is 27.2. The number of hydrogen-bond acceptors (Lipinski definition) is 5. The van der Waals surface area contributed by atoms with Gasteiger partial charge in [0.15, 0.2) is 0 Å². The summed E-state index contributed by atoms with van der Waals surface area (Å²) >= 11 is 3.38. The van der Waals surface area contributed by atoms with Gasteiger partial charge in [0, 0.05) is 5.56 Å². The summed E-state index contributed by atoms with van der Waals surface area (Å²) in [5.74, 6) is 0.793. The van der Waals surface area contributed by atoms with Crippen LogP contribution < -0.4 is 19.1 Å². The number of aryl methyl sites for hydroxylation is 1. The Kier molecular flexibility index (Phi) is 8.38. The van der Waals surface area contributed by atoms with Gasteiger partial charge in [-0.05, 0) is 83.0 Å². The molecule has 196 valence electrons. The molecule has 0 spiro atoms. The van der Waals surface area contributed by atoms with Gasteiger partial charge in [0.2, 0.25) is 0 Å². The fourth-order valence-electron chi connectivity index (χ4n) is 3.83. The lowest BCUT2D eigenvalue weighted by Gasteiger charge is -2.25. The van der Waals surface area contributed by atoms with E-state index >= 15 is 0 Å². The molecule has 1 amide bonds. The summed E-state index contributed by atoms with van der Waals surface area (Å²) in [6, 6.07) is 25.9. The number of nitrogens with one attached hydrogen (secondary N) is 1. The SMILES string of the molecule is COc1ccc(S(=O)(=O)N(Cc2ccc(C(=O)Nc3ccccc3OC)cc2)c2ccc(C)cc2)cc1Br. The van der Waals surface area contributed by atoms with Crippen LogP contribution in [0.5, 0.6) is 11.5 Å². The van der Waals surface area contributed by atoms with Crippen molar-refractivity contribution < 1.29 is 22.7 Å². The summed E-state index contributed by atoms with van der Waals surface area (Å²) in [6.45, 7) is 2.02. The van der Waals surface area contributed by atoms with Gasteiger partial charge in [-0.1, -0.05) is 42.0 Å². The number of carbonyl (C=O) groups excluding carboxylic acids is 1. The second-order valence-corrected chi connectivity index (χ2v) is 11.2. The maximum absolute atomic E-state index is 13.8. The first-order chi connectivity index (χ1) is 18.2. The van der Waals surface area contributed by atoms with Crippen LogP contribution in [-0.2, 0) is 16.6 Å². The molecule has 0 aliphatic carbocycles. The number of carbonyl (C=O) groups is 1. The van der Waals surface area contributed by atoms with Gasteiger partial charge in [-0.15, -0.1) is 0 Å². The van der Waals surface area contributed by atoms with E-state index in [1.54, 1.807) is 54.6 Å². The molecule has 0 radical (unpaired) electrons. The molecule has 0 aliphatic rings. The molecule has 4 aromatic carbocycles. The number of benzene rings is 4. The number of ether oxygens (including phenoxy) is 2. The monoisotopic (exact) mass is 594 g/mol. The molecule has 4 aromatic rings. The molecule has 0 heterocycles. The number of methoxy groups -OCH3 is 2. The number of para-hydroxylation sites is 2. The molecule has 0 atom stereocenters. The van der Waals surface area contributed by atoms with E-state index in [1.165, 1.54) is 30.7 Å². The molecule has 38 heavy (non-hydrogen) atoms. The largest absolute Gasteiger partial charge is 0.496 e. The van der Waals surface area contributed by atoms with Gasteiger partial charge in [0.1, 0.15) is 11.5 Å². The fraction of sp³-hybridized carbons (Fsp3) is 0.138. The number of sulfonamides is 1. The molecule has 0 saturated heterocycles. The van der Waals surface area contributed by atoms with Crippen molar-refractivity contribution in [2.75, 3.05) is 23.8 Å². The lowest BCUT2D eigenvalue weighted by Crippen LogP contribution is -2.30. The third kappa shape index (κ3) is 6.00. The average molecular weight is 596 g/mol. The second-order valence-electron chi connectivity index (χ2n) is 8.49. The lowest BCUT2D eigenvalue weighted by molar-refractivity contribution is 0.102. The number of halogens is 1. The van der Waals surface area contributed by atoms with E-state index in [-0.39, 0.29) is 17.3 Å². The number of anilines is 2. The molecule has 0 aromatic heterocycles. The van der Waals surface area contributed by atoms with Crippen LogP contribution in [-0.4, -0.2) is 28.5 Å². The zero-order valence-corrected chi connectivity index (χ0v) is 23.5. The van der Waals surface area contributed by atoms with Crippen molar-refractivity contribution in [2.24, 2.45) is 0 Å². The number of hydrogen-bond donors (Lipinski definition) is 1. The first-order valence-corrected chi connectivity index (χ1v) is 13.9. The summed E-state index contributed by atoms with van der Waals surface area (Å²) in [5, 5.41) is 2.84. The predicted octanol–water partition coefficient (Wildman–Crippen LogP) is 6.42. The second kappa shape index (κ2) is 11.7. The molecule has 4 rings (SSSR count). The van der Waals surface area contributed by atoms with Gasteiger partial charge in [0.05, 0.1) is 41.5 Å². The van der Waals surface area contributed by atoms with Crippen molar-refractivity contribution in [3.8, 4) is 11.5 Å². The quantitative estimate of drug-likeness (QED) is 0.241. The normalized spacial score (nSPS) is 11.1. The van der Waals surface area contributed by atoms with Crippen molar-refractivity contribution in [3.05, 3.63) is 112 Å². The lowest BCUT2D eigenvalue weighted by atomic mass is 10.1. The maximum Gasteiger partial charge on any atom is 0.264 e. The Bertz CT molecular complexity index is 1540. The van der Waals surface area contributed by atoms with Gasteiger partial charge >= 0.3 is 0 Å². The molecule has 0 aliphatic heterocycles. The molecule has 0 fully saturated rings. The van der Waals surface area contributed by atoms with E-state index < -0.39 is 10.0 Å². The van der Waals surface area contributed by atoms with E-state index in [0.717, 1.165) is 11.1 Å². The summed E-state index contributed by atoms with van der Waals surface area (Å²) in [7, 11) is -0.872.